The van der Waals surface area contributed by atoms with E-state index in [2.05, 4.69) is 84.7 Å². The normalized spacial score (nSPS) is 23.4. The van der Waals surface area contributed by atoms with Crippen molar-refractivity contribution in [2.24, 2.45) is 0 Å². The summed E-state index contributed by atoms with van der Waals surface area (Å²) in [6.07, 6.45) is 0. The van der Waals surface area contributed by atoms with Crippen LogP contribution in [-0.4, -0.2) is 30.1 Å². The highest BCUT2D eigenvalue weighted by Crippen LogP contribution is 2.29. The van der Waals surface area contributed by atoms with Gasteiger partial charge in [0.15, 0.2) is 0 Å². The Morgan fingerprint density at radius 1 is 0.810 bits per heavy atom. The molecule has 0 saturated carbocycles. The first kappa shape index (κ1) is 14.3. The van der Waals surface area contributed by atoms with E-state index in [4.69, 9.17) is 0 Å². The van der Waals surface area contributed by atoms with E-state index in [0.29, 0.717) is 18.1 Å². The molecule has 0 radical (unpaired) electrons. The number of piperazine rings is 1. The van der Waals surface area contributed by atoms with Gasteiger partial charge in [-0.15, -0.1) is 0 Å². The zero-order valence-corrected chi connectivity index (χ0v) is 12.9. The molecule has 0 bridgehead atoms. The van der Waals surface area contributed by atoms with E-state index in [1.807, 2.05) is 0 Å². The fourth-order valence-corrected chi connectivity index (χ4v) is 3.46. The number of nitrogens with one attached hydrogen (secondary N) is 1. The Bertz CT molecular complexity index is 503. The Labute approximate surface area is 127 Å². The van der Waals surface area contributed by atoms with Crippen molar-refractivity contribution in [3.8, 4) is 0 Å². The van der Waals surface area contributed by atoms with Crippen LogP contribution in [0.25, 0.3) is 0 Å². The van der Waals surface area contributed by atoms with Crippen molar-refractivity contribution in [2.75, 3.05) is 13.1 Å². The second-order valence-corrected chi connectivity index (χ2v) is 6.15. The van der Waals surface area contributed by atoms with Crippen LogP contribution in [0.15, 0.2) is 60.7 Å². The number of hydrogen-bond acceptors (Lipinski definition) is 2. The summed E-state index contributed by atoms with van der Waals surface area (Å²) in [4.78, 5) is 2.61. The zero-order valence-electron chi connectivity index (χ0n) is 12.9. The highest BCUT2D eigenvalue weighted by Gasteiger charge is 2.28. The summed E-state index contributed by atoms with van der Waals surface area (Å²) < 4.78 is 0. The lowest BCUT2D eigenvalue weighted by Gasteiger charge is -2.41. The molecular weight excluding hydrogens is 256 g/mol. The first-order chi connectivity index (χ1) is 10.2. The Morgan fingerprint density at radius 3 is 1.67 bits per heavy atom. The predicted molar refractivity (Wildman–Crippen MR) is 88.4 cm³/mol. The fraction of sp³-hybridized carbons (Fsp3) is 0.368. The van der Waals surface area contributed by atoms with Gasteiger partial charge in [-0.2, -0.15) is 0 Å². The lowest BCUT2D eigenvalue weighted by molar-refractivity contribution is 0.141. The Kier molecular flexibility index (Phi) is 4.37. The first-order valence-electron chi connectivity index (χ1n) is 7.84. The predicted octanol–water partition coefficient (Wildman–Crippen LogP) is 3.46. The summed E-state index contributed by atoms with van der Waals surface area (Å²) >= 11 is 0. The highest BCUT2D eigenvalue weighted by atomic mass is 15.2. The molecule has 2 heteroatoms. The molecule has 2 atom stereocenters. The minimum atomic E-state index is 0.347. The van der Waals surface area contributed by atoms with Crippen molar-refractivity contribution >= 4 is 0 Å². The summed E-state index contributed by atoms with van der Waals surface area (Å²) in [5, 5.41) is 3.63. The van der Waals surface area contributed by atoms with Crippen molar-refractivity contribution in [1.29, 1.82) is 0 Å². The molecule has 3 rings (SSSR count). The van der Waals surface area contributed by atoms with Crippen molar-refractivity contribution in [3.05, 3.63) is 71.8 Å². The number of nitrogens with zero attached hydrogens (tertiary/aromatic N) is 1. The molecule has 1 fully saturated rings. The van der Waals surface area contributed by atoms with Gasteiger partial charge in [0.25, 0.3) is 0 Å². The van der Waals surface area contributed by atoms with Gasteiger partial charge in [-0.3, -0.25) is 4.90 Å². The van der Waals surface area contributed by atoms with Gasteiger partial charge in [-0.25, -0.2) is 0 Å². The molecule has 1 saturated heterocycles. The maximum atomic E-state index is 3.63. The van der Waals surface area contributed by atoms with E-state index in [9.17, 15) is 0 Å². The van der Waals surface area contributed by atoms with Gasteiger partial charge in [0.2, 0.25) is 0 Å². The third kappa shape index (κ3) is 3.34. The molecule has 1 aliphatic rings. The number of rotatable bonds is 3. The maximum absolute atomic E-state index is 3.63. The number of hydrogen-bond donors (Lipinski definition) is 1. The van der Waals surface area contributed by atoms with Crippen molar-refractivity contribution in [3.63, 3.8) is 0 Å². The quantitative estimate of drug-likeness (QED) is 0.926. The van der Waals surface area contributed by atoms with Gasteiger partial charge in [0.05, 0.1) is 6.04 Å². The van der Waals surface area contributed by atoms with Crippen molar-refractivity contribution < 1.29 is 0 Å². The van der Waals surface area contributed by atoms with Gasteiger partial charge in [-0.05, 0) is 25.0 Å². The molecule has 0 spiro atoms. The molecule has 0 aromatic heterocycles. The van der Waals surface area contributed by atoms with Crippen LogP contribution < -0.4 is 5.32 Å². The molecular formula is C19H24N2. The molecule has 0 amide bonds. The minimum Gasteiger partial charge on any atom is -0.309 e. The van der Waals surface area contributed by atoms with E-state index < -0.39 is 0 Å². The van der Waals surface area contributed by atoms with Crippen LogP contribution in [0.2, 0.25) is 0 Å². The molecule has 1 N–H and O–H groups in total. The van der Waals surface area contributed by atoms with Crippen LogP contribution in [0.3, 0.4) is 0 Å². The second kappa shape index (κ2) is 6.42. The van der Waals surface area contributed by atoms with E-state index >= 15 is 0 Å². The highest BCUT2D eigenvalue weighted by molar-refractivity contribution is 5.32. The topological polar surface area (TPSA) is 15.3 Å². The van der Waals surface area contributed by atoms with Crippen LogP contribution in [0.4, 0.5) is 0 Å². The van der Waals surface area contributed by atoms with Gasteiger partial charge in [0, 0.05) is 25.2 Å². The molecule has 2 aromatic rings. The van der Waals surface area contributed by atoms with Crippen molar-refractivity contribution in [1.82, 2.24) is 10.2 Å². The van der Waals surface area contributed by atoms with Crippen LogP contribution in [0.1, 0.15) is 31.0 Å². The van der Waals surface area contributed by atoms with Gasteiger partial charge >= 0.3 is 0 Å². The molecule has 2 nitrogen and oxygen atoms in total. The smallest absolute Gasteiger partial charge is 0.0602 e. The van der Waals surface area contributed by atoms with Crippen LogP contribution in [-0.2, 0) is 0 Å². The molecule has 0 aliphatic carbocycles. The maximum Gasteiger partial charge on any atom is 0.0602 e. The monoisotopic (exact) mass is 280 g/mol. The van der Waals surface area contributed by atoms with E-state index in [-0.39, 0.29) is 0 Å². The Morgan fingerprint density at radius 2 is 1.24 bits per heavy atom. The van der Waals surface area contributed by atoms with Gasteiger partial charge in [0.1, 0.15) is 0 Å². The molecule has 1 unspecified atom stereocenters. The Balaban J connectivity index is 1.96. The van der Waals surface area contributed by atoms with Crippen molar-refractivity contribution in [2.45, 2.75) is 32.0 Å². The number of benzene rings is 2. The van der Waals surface area contributed by atoms with E-state index in [1.165, 1.54) is 11.1 Å². The third-order valence-electron chi connectivity index (χ3n) is 4.18. The van der Waals surface area contributed by atoms with E-state index in [1.54, 1.807) is 0 Å². The second-order valence-electron chi connectivity index (χ2n) is 6.15. The molecule has 1 heterocycles. The molecule has 2 aromatic carbocycles. The van der Waals surface area contributed by atoms with Crippen LogP contribution in [0, 0.1) is 0 Å². The summed E-state index contributed by atoms with van der Waals surface area (Å²) in [6.45, 7) is 6.71. The molecule has 110 valence electrons. The summed E-state index contributed by atoms with van der Waals surface area (Å²) in [5.41, 5.74) is 2.76. The van der Waals surface area contributed by atoms with Gasteiger partial charge in [-0.1, -0.05) is 60.7 Å². The summed E-state index contributed by atoms with van der Waals surface area (Å²) in [6, 6.07) is 23.1. The largest absolute Gasteiger partial charge is 0.309 e. The average Bonchev–Trinajstić information content (AvgIpc) is 2.49. The third-order valence-corrected chi connectivity index (χ3v) is 4.18. The molecule has 21 heavy (non-hydrogen) atoms. The zero-order chi connectivity index (χ0) is 14.7. The van der Waals surface area contributed by atoms with Crippen LogP contribution >= 0.6 is 0 Å². The van der Waals surface area contributed by atoms with Crippen LogP contribution in [0.5, 0.6) is 0 Å². The SMILES string of the molecule is CC1CN(C(c2ccccc2)c2ccccc2)C[C@H](C)N1. The van der Waals surface area contributed by atoms with E-state index in [0.717, 1.165) is 13.1 Å². The lowest BCUT2D eigenvalue weighted by Crippen LogP contribution is -2.55. The Hall–Kier alpha value is -1.64. The average molecular weight is 280 g/mol. The fourth-order valence-electron chi connectivity index (χ4n) is 3.46. The molecule has 1 aliphatic heterocycles. The van der Waals surface area contributed by atoms with Gasteiger partial charge < -0.3 is 5.32 Å². The standard InChI is InChI=1S/C19H24N2/c1-15-13-21(14-16(2)20-15)19(17-9-5-3-6-10-17)18-11-7-4-8-12-18/h3-12,15-16,19-20H,13-14H2,1-2H3/t15-,16?/m0/s1. The first-order valence-corrected chi connectivity index (χ1v) is 7.84. The minimum absolute atomic E-state index is 0.347. The summed E-state index contributed by atoms with van der Waals surface area (Å²) in [5.74, 6) is 0. The summed E-state index contributed by atoms with van der Waals surface area (Å²) in [7, 11) is 0. The lowest BCUT2D eigenvalue weighted by atomic mass is 9.95.